The number of rotatable bonds is 3. The largest absolute Gasteiger partial charge is 0.495 e. The molecule has 0 saturated carbocycles. The molecule has 0 bridgehead atoms. The number of anilines is 2. The minimum Gasteiger partial charge on any atom is -0.495 e. The average Bonchev–Trinajstić information content (AvgIpc) is 2.97. The molecule has 3 aromatic rings. The Bertz CT molecular complexity index is 1210. The van der Waals surface area contributed by atoms with E-state index in [9.17, 15) is 12.8 Å². The fraction of sp³-hybridized carbons (Fsp3) is 0.222. The molecule has 28 heavy (non-hydrogen) atoms. The van der Waals surface area contributed by atoms with Gasteiger partial charge in [0.1, 0.15) is 51.2 Å². The number of nitrogens with two attached hydrogens (primary N) is 1. The normalized spacial score (nSPS) is 15.1. The van der Waals surface area contributed by atoms with Crippen molar-refractivity contribution in [1.29, 1.82) is 0 Å². The molecule has 3 heterocycles. The highest BCUT2D eigenvalue weighted by Gasteiger charge is 2.31. The van der Waals surface area contributed by atoms with Crippen LogP contribution in [0.5, 0.6) is 0 Å². The molecule has 0 spiro atoms. The first-order chi connectivity index (χ1) is 13.3. The number of nitrogen functional groups attached to an aromatic ring is 1. The smallest absolute Gasteiger partial charge is 0.215 e. The van der Waals surface area contributed by atoms with Crippen molar-refractivity contribution in [3.63, 3.8) is 0 Å². The summed E-state index contributed by atoms with van der Waals surface area (Å²) in [5.74, 6) is 0.0930. The quantitative estimate of drug-likeness (QED) is 0.689. The number of hydrogen-bond donors (Lipinski definition) is 2. The second kappa shape index (κ2) is 6.48. The Labute approximate surface area is 160 Å². The molecule has 1 fully saturated rings. The SMILES string of the molecule is C=C1CN(c2ncnc3c(S(=O)(=O)c4ccc(C)cc4F)c(N)[nH]c23)CCO1. The minimum absolute atomic E-state index is 0.111. The maximum absolute atomic E-state index is 14.4. The number of fused-ring (bicyclic) bond motifs is 1. The lowest BCUT2D eigenvalue weighted by Crippen LogP contribution is -2.35. The Morgan fingerprint density at radius 2 is 2.14 bits per heavy atom. The topological polar surface area (TPSA) is 114 Å². The molecule has 4 rings (SSSR count). The maximum atomic E-state index is 14.4. The summed E-state index contributed by atoms with van der Waals surface area (Å²) in [4.78, 5) is 12.4. The van der Waals surface area contributed by atoms with Gasteiger partial charge in [0.15, 0.2) is 5.82 Å². The van der Waals surface area contributed by atoms with E-state index in [1.165, 1.54) is 18.5 Å². The number of nitrogens with zero attached hydrogens (tertiary/aromatic N) is 3. The molecule has 0 amide bonds. The van der Waals surface area contributed by atoms with E-state index in [-0.39, 0.29) is 16.2 Å². The predicted molar refractivity (Wildman–Crippen MR) is 102 cm³/mol. The van der Waals surface area contributed by atoms with Gasteiger partial charge >= 0.3 is 0 Å². The van der Waals surface area contributed by atoms with Crippen molar-refractivity contribution in [1.82, 2.24) is 15.0 Å². The van der Waals surface area contributed by atoms with Crippen molar-refractivity contribution in [2.45, 2.75) is 16.7 Å². The summed E-state index contributed by atoms with van der Waals surface area (Å²) in [7, 11) is -4.24. The van der Waals surface area contributed by atoms with Crippen molar-refractivity contribution in [3.05, 3.63) is 48.2 Å². The number of morpholine rings is 1. The number of aryl methyl sites for hydroxylation is 1. The lowest BCUT2D eigenvalue weighted by Gasteiger charge is -2.29. The van der Waals surface area contributed by atoms with Gasteiger partial charge in [0.05, 0.1) is 13.1 Å². The zero-order valence-electron chi connectivity index (χ0n) is 15.1. The van der Waals surface area contributed by atoms with Crippen molar-refractivity contribution in [2.75, 3.05) is 30.3 Å². The van der Waals surface area contributed by atoms with Crippen LogP contribution in [0.1, 0.15) is 5.56 Å². The third kappa shape index (κ3) is 2.85. The molecule has 0 aliphatic carbocycles. The maximum Gasteiger partial charge on any atom is 0.215 e. The Hall–Kier alpha value is -3.14. The molecule has 1 aliphatic heterocycles. The Morgan fingerprint density at radius 3 is 2.86 bits per heavy atom. The Balaban J connectivity index is 1.90. The van der Waals surface area contributed by atoms with Crippen LogP contribution in [-0.4, -0.2) is 43.1 Å². The molecule has 0 unspecified atom stereocenters. The minimum atomic E-state index is -4.24. The summed E-state index contributed by atoms with van der Waals surface area (Å²) >= 11 is 0. The van der Waals surface area contributed by atoms with E-state index < -0.39 is 20.5 Å². The van der Waals surface area contributed by atoms with Gasteiger partial charge in [0.2, 0.25) is 9.84 Å². The molecule has 2 aromatic heterocycles. The Kier molecular flexibility index (Phi) is 4.22. The van der Waals surface area contributed by atoms with E-state index in [4.69, 9.17) is 10.5 Å². The highest BCUT2D eigenvalue weighted by atomic mass is 32.2. The van der Waals surface area contributed by atoms with Gasteiger partial charge in [-0.15, -0.1) is 0 Å². The van der Waals surface area contributed by atoms with Crippen LogP contribution in [0, 0.1) is 12.7 Å². The lowest BCUT2D eigenvalue weighted by molar-refractivity contribution is 0.193. The standard InChI is InChI=1S/C18H18FN5O3S/c1-10-3-4-13(12(19)7-10)28(25,26)16-14-15(23-17(16)20)18(22-9-21-14)24-5-6-27-11(2)8-24/h3-4,7,9,23H,2,5-6,8,20H2,1H3. The van der Waals surface area contributed by atoms with Crippen LogP contribution < -0.4 is 10.6 Å². The number of H-pyrrole nitrogens is 1. The molecule has 0 atom stereocenters. The van der Waals surface area contributed by atoms with Gasteiger partial charge in [-0.3, -0.25) is 0 Å². The highest BCUT2D eigenvalue weighted by Crippen LogP contribution is 2.36. The van der Waals surface area contributed by atoms with Crippen molar-refractivity contribution < 1.29 is 17.5 Å². The van der Waals surface area contributed by atoms with Crippen molar-refractivity contribution in [2.24, 2.45) is 0 Å². The molecule has 0 radical (unpaired) electrons. The zero-order chi connectivity index (χ0) is 20.1. The monoisotopic (exact) mass is 403 g/mol. The summed E-state index contributed by atoms with van der Waals surface area (Å²) in [5.41, 5.74) is 7.08. The molecule has 1 aromatic carbocycles. The fourth-order valence-electron chi connectivity index (χ4n) is 3.25. The molecule has 10 heteroatoms. The third-order valence-electron chi connectivity index (χ3n) is 4.53. The van der Waals surface area contributed by atoms with Gasteiger partial charge < -0.3 is 20.4 Å². The van der Waals surface area contributed by atoms with Gasteiger partial charge in [0.25, 0.3) is 0 Å². The van der Waals surface area contributed by atoms with Gasteiger partial charge in [0, 0.05) is 0 Å². The number of halogens is 1. The van der Waals surface area contributed by atoms with Crippen LogP contribution in [0.25, 0.3) is 11.0 Å². The number of aromatic nitrogens is 3. The van der Waals surface area contributed by atoms with E-state index in [2.05, 4.69) is 21.5 Å². The molecule has 1 saturated heterocycles. The van der Waals surface area contributed by atoms with Crippen LogP contribution in [0.3, 0.4) is 0 Å². The summed E-state index contributed by atoms with van der Waals surface area (Å²) in [5, 5.41) is 0. The number of ether oxygens (including phenoxy) is 1. The van der Waals surface area contributed by atoms with E-state index >= 15 is 0 Å². The van der Waals surface area contributed by atoms with Crippen LogP contribution in [0.15, 0.2) is 46.7 Å². The summed E-state index contributed by atoms with van der Waals surface area (Å²) < 4.78 is 46.0. The van der Waals surface area contributed by atoms with Crippen LogP contribution in [0.4, 0.5) is 16.0 Å². The van der Waals surface area contributed by atoms with Crippen LogP contribution in [0.2, 0.25) is 0 Å². The van der Waals surface area contributed by atoms with E-state index in [1.54, 1.807) is 6.92 Å². The third-order valence-corrected chi connectivity index (χ3v) is 6.39. The van der Waals surface area contributed by atoms with Gasteiger partial charge in [-0.25, -0.2) is 22.8 Å². The second-order valence-corrected chi connectivity index (χ2v) is 8.39. The summed E-state index contributed by atoms with van der Waals surface area (Å²) in [6, 6.07) is 3.92. The fourth-order valence-corrected chi connectivity index (χ4v) is 4.78. The summed E-state index contributed by atoms with van der Waals surface area (Å²) in [6.07, 6.45) is 1.26. The number of nitrogens with one attached hydrogen (secondary N) is 1. The molecule has 1 aliphatic rings. The van der Waals surface area contributed by atoms with E-state index in [0.717, 1.165) is 6.07 Å². The molecule has 3 N–H and O–H groups in total. The molecule has 146 valence electrons. The van der Waals surface area contributed by atoms with Crippen molar-refractivity contribution in [3.8, 4) is 0 Å². The number of benzene rings is 1. The zero-order valence-corrected chi connectivity index (χ0v) is 15.9. The van der Waals surface area contributed by atoms with Gasteiger partial charge in [-0.2, -0.15) is 0 Å². The average molecular weight is 403 g/mol. The first kappa shape index (κ1) is 18.2. The second-order valence-electron chi connectivity index (χ2n) is 6.53. The molecular weight excluding hydrogens is 385 g/mol. The molecular formula is C18H18FN5O3S. The van der Waals surface area contributed by atoms with Gasteiger partial charge in [-0.05, 0) is 24.6 Å². The van der Waals surface area contributed by atoms with Crippen LogP contribution >= 0.6 is 0 Å². The molecule has 8 nitrogen and oxygen atoms in total. The first-order valence-electron chi connectivity index (χ1n) is 8.48. The highest BCUT2D eigenvalue weighted by molar-refractivity contribution is 7.92. The van der Waals surface area contributed by atoms with E-state index in [1.807, 2.05) is 4.90 Å². The summed E-state index contributed by atoms with van der Waals surface area (Å²) in [6.45, 7) is 6.86. The van der Waals surface area contributed by atoms with Crippen molar-refractivity contribution >= 4 is 32.5 Å². The number of hydrogen-bond acceptors (Lipinski definition) is 7. The van der Waals surface area contributed by atoms with E-state index in [0.29, 0.717) is 42.4 Å². The Morgan fingerprint density at radius 1 is 1.36 bits per heavy atom. The van der Waals surface area contributed by atoms with Gasteiger partial charge in [-0.1, -0.05) is 12.6 Å². The first-order valence-corrected chi connectivity index (χ1v) is 9.96. The van der Waals surface area contributed by atoms with Crippen LogP contribution in [-0.2, 0) is 14.6 Å². The predicted octanol–water partition coefficient (Wildman–Crippen LogP) is 2.17. The number of sulfone groups is 1. The number of aromatic amines is 1. The lowest BCUT2D eigenvalue weighted by atomic mass is 10.2.